The number of nitro groups is 1. The number of nitro benzene ring substituents is 1. The van der Waals surface area contributed by atoms with E-state index < -0.39 is 34.7 Å². The van der Waals surface area contributed by atoms with Crippen LogP contribution in [0.15, 0.2) is 67.8 Å². The second kappa shape index (κ2) is 21.7. The lowest BCUT2D eigenvalue weighted by Crippen LogP contribution is -2.48. The average molecular weight is 712 g/mol. The number of methoxy groups -OCH3 is 1. The van der Waals surface area contributed by atoms with Gasteiger partial charge in [-0.05, 0) is 77.1 Å². The largest absolute Gasteiger partial charge is 0.497 e. The quantitative estimate of drug-likeness (QED) is 0.0490. The summed E-state index contributed by atoms with van der Waals surface area (Å²) in [5.74, 6) is 0.240. The van der Waals surface area contributed by atoms with Crippen molar-refractivity contribution in [3.05, 3.63) is 89.0 Å². The van der Waals surface area contributed by atoms with Gasteiger partial charge in [-0.2, -0.15) is 0 Å². The van der Waals surface area contributed by atoms with E-state index in [1.165, 1.54) is 23.1 Å². The zero-order chi connectivity index (χ0) is 38.0. The Morgan fingerprint density at radius 2 is 1.71 bits per heavy atom. The Labute approximate surface area is 303 Å². The first-order chi connectivity index (χ1) is 24.2. The Bertz CT molecular complexity index is 1410. The number of non-ortho nitro benzene ring substituents is 1. The molecule has 0 radical (unpaired) electrons. The molecule has 0 fully saturated rings. The third kappa shape index (κ3) is 15.2. The summed E-state index contributed by atoms with van der Waals surface area (Å²) in [5.41, 5.74) is 0.112. The van der Waals surface area contributed by atoms with Gasteiger partial charge in [0.25, 0.3) is 11.6 Å². The number of benzene rings is 2. The molecule has 282 valence electrons. The van der Waals surface area contributed by atoms with Gasteiger partial charge in [-0.25, -0.2) is 4.79 Å². The molecule has 2 aromatic rings. The van der Waals surface area contributed by atoms with Gasteiger partial charge < -0.3 is 33.5 Å². The number of likely N-dealkylation sites (N-methyl/N-ethyl adjacent to an activating group) is 1. The smallest absolute Gasteiger partial charge is 0.410 e. The summed E-state index contributed by atoms with van der Waals surface area (Å²) < 4.78 is 29.1. The molecule has 0 bridgehead atoms. The maximum atomic E-state index is 14.5. The van der Waals surface area contributed by atoms with E-state index in [1.807, 2.05) is 44.2 Å². The summed E-state index contributed by atoms with van der Waals surface area (Å²) in [5, 5.41) is 11.8. The van der Waals surface area contributed by atoms with E-state index in [4.69, 9.17) is 23.7 Å². The minimum Gasteiger partial charge on any atom is -0.497 e. The van der Waals surface area contributed by atoms with Crippen LogP contribution in [-0.4, -0.2) is 91.5 Å². The molecule has 0 aliphatic rings. The molecule has 2 rings (SSSR count). The molecule has 3 atom stereocenters. The molecule has 0 aromatic heterocycles. The van der Waals surface area contributed by atoms with Crippen LogP contribution in [0.1, 0.15) is 76.2 Å². The molecule has 0 unspecified atom stereocenters. The number of hydrogen-bond acceptors (Lipinski definition) is 9. The molecule has 0 spiro atoms. The molecule has 0 heterocycles. The van der Waals surface area contributed by atoms with Gasteiger partial charge in [0.05, 0.1) is 62.7 Å². The van der Waals surface area contributed by atoms with Crippen molar-refractivity contribution in [3.8, 4) is 11.5 Å². The summed E-state index contributed by atoms with van der Waals surface area (Å²) in [6.07, 6.45) is 6.01. The van der Waals surface area contributed by atoms with Crippen molar-refractivity contribution in [1.82, 2.24) is 9.80 Å². The van der Waals surface area contributed by atoms with Crippen molar-refractivity contribution in [2.45, 2.75) is 84.7 Å². The van der Waals surface area contributed by atoms with Crippen LogP contribution in [0, 0.1) is 16.0 Å². The fraction of sp³-hybridized carbons (Fsp3) is 0.538. The monoisotopic (exact) mass is 711 g/mol. The van der Waals surface area contributed by atoms with E-state index in [-0.39, 0.29) is 49.2 Å². The van der Waals surface area contributed by atoms with Crippen LogP contribution in [0.2, 0.25) is 0 Å². The van der Waals surface area contributed by atoms with Gasteiger partial charge in [-0.1, -0.05) is 31.2 Å². The first-order valence-corrected chi connectivity index (χ1v) is 17.4. The molecule has 0 saturated heterocycles. The Hall–Kier alpha value is -4.42. The minimum absolute atomic E-state index is 0.0823. The fourth-order valence-electron chi connectivity index (χ4n) is 5.15. The number of carbonyl (C=O) groups is 2. The molecular formula is C39H57N3O9. The normalized spacial score (nSPS) is 13.0. The third-order valence-corrected chi connectivity index (χ3v) is 8.00. The average Bonchev–Trinajstić information content (AvgIpc) is 3.09. The molecular weight excluding hydrogens is 654 g/mol. The SMILES string of the molecule is C=CCCCCCOc1ccc([N+](=O)[O-])cc1C(=O)N(C[C@@H](C)[C@H](CN(C)C(=O)OC(C)(C)C)OCC=C)[C@@H](C)COCc1ccc(OC)cc1. The van der Waals surface area contributed by atoms with E-state index in [9.17, 15) is 19.7 Å². The third-order valence-electron chi connectivity index (χ3n) is 8.00. The Morgan fingerprint density at radius 1 is 1.00 bits per heavy atom. The predicted molar refractivity (Wildman–Crippen MR) is 198 cm³/mol. The Kier molecular flexibility index (Phi) is 18.2. The molecule has 2 amide bonds. The van der Waals surface area contributed by atoms with Gasteiger partial charge >= 0.3 is 6.09 Å². The number of hydrogen-bond donors (Lipinski definition) is 0. The topological polar surface area (TPSA) is 130 Å². The van der Waals surface area contributed by atoms with Crippen molar-refractivity contribution in [2.24, 2.45) is 5.92 Å². The van der Waals surface area contributed by atoms with Gasteiger partial charge in [0.15, 0.2) is 0 Å². The van der Waals surface area contributed by atoms with Crippen molar-refractivity contribution in [1.29, 1.82) is 0 Å². The van der Waals surface area contributed by atoms with E-state index in [1.54, 1.807) is 45.9 Å². The molecule has 12 heteroatoms. The summed E-state index contributed by atoms with van der Waals surface area (Å²) >= 11 is 0. The van der Waals surface area contributed by atoms with Crippen molar-refractivity contribution in [3.63, 3.8) is 0 Å². The highest BCUT2D eigenvalue weighted by molar-refractivity contribution is 5.98. The Balaban J connectivity index is 2.41. The molecule has 12 nitrogen and oxygen atoms in total. The second-order valence-corrected chi connectivity index (χ2v) is 13.6. The fourth-order valence-corrected chi connectivity index (χ4v) is 5.15. The minimum atomic E-state index is -0.678. The highest BCUT2D eigenvalue weighted by atomic mass is 16.6. The number of allylic oxidation sites excluding steroid dienone is 1. The van der Waals surface area contributed by atoms with Gasteiger partial charge in [-0.3, -0.25) is 14.9 Å². The molecule has 0 N–H and O–H groups in total. The lowest BCUT2D eigenvalue weighted by Gasteiger charge is -2.36. The zero-order valence-corrected chi connectivity index (χ0v) is 31.4. The number of amides is 2. The van der Waals surface area contributed by atoms with Crippen LogP contribution >= 0.6 is 0 Å². The lowest BCUT2D eigenvalue weighted by molar-refractivity contribution is -0.384. The number of ether oxygens (including phenoxy) is 5. The van der Waals surface area contributed by atoms with E-state index in [2.05, 4.69) is 13.2 Å². The van der Waals surface area contributed by atoms with Crippen LogP contribution in [-0.2, 0) is 20.8 Å². The van der Waals surface area contributed by atoms with E-state index in [0.29, 0.717) is 13.2 Å². The maximum Gasteiger partial charge on any atom is 0.410 e. The number of nitrogens with zero attached hydrogens (tertiary/aromatic N) is 3. The second-order valence-electron chi connectivity index (χ2n) is 13.6. The van der Waals surface area contributed by atoms with Crippen LogP contribution in [0.4, 0.5) is 10.5 Å². The number of carbonyl (C=O) groups excluding carboxylic acids is 2. The lowest BCUT2D eigenvalue weighted by atomic mass is 10.0. The first kappa shape index (κ1) is 42.7. The first-order valence-electron chi connectivity index (χ1n) is 17.4. The number of rotatable bonds is 23. The van der Waals surface area contributed by atoms with Gasteiger partial charge in [0.1, 0.15) is 17.1 Å². The van der Waals surface area contributed by atoms with Crippen molar-refractivity contribution < 1.29 is 38.2 Å². The van der Waals surface area contributed by atoms with Crippen LogP contribution in [0.3, 0.4) is 0 Å². The van der Waals surface area contributed by atoms with Gasteiger partial charge in [0, 0.05) is 31.6 Å². The van der Waals surface area contributed by atoms with E-state index >= 15 is 0 Å². The molecule has 2 aromatic carbocycles. The van der Waals surface area contributed by atoms with Crippen molar-refractivity contribution >= 4 is 17.7 Å². The van der Waals surface area contributed by atoms with Crippen molar-refractivity contribution in [2.75, 3.05) is 47.1 Å². The molecule has 0 aliphatic carbocycles. The van der Waals surface area contributed by atoms with Gasteiger partial charge in [0.2, 0.25) is 0 Å². The van der Waals surface area contributed by atoms with Crippen LogP contribution < -0.4 is 9.47 Å². The van der Waals surface area contributed by atoms with E-state index in [0.717, 1.165) is 37.0 Å². The molecule has 0 saturated carbocycles. The summed E-state index contributed by atoms with van der Waals surface area (Å²) in [4.78, 5) is 41.7. The predicted octanol–water partition coefficient (Wildman–Crippen LogP) is 7.85. The van der Waals surface area contributed by atoms with Crippen LogP contribution in [0.5, 0.6) is 11.5 Å². The van der Waals surface area contributed by atoms with Gasteiger partial charge in [-0.15, -0.1) is 13.2 Å². The summed E-state index contributed by atoms with van der Waals surface area (Å²) in [7, 11) is 3.23. The molecule has 0 aliphatic heterocycles. The zero-order valence-electron chi connectivity index (χ0n) is 31.4. The van der Waals surface area contributed by atoms with Crippen LogP contribution in [0.25, 0.3) is 0 Å². The highest BCUT2D eigenvalue weighted by Crippen LogP contribution is 2.28. The standard InChI is InChI=1S/C39H57N3O9/c1-10-12-13-14-15-23-50-35-21-18-32(42(45)46)24-34(35)37(43)41(30(4)27-48-28-31-16-19-33(47-9)20-17-31)25-29(3)36(49-22-11-2)26-40(8)38(44)51-39(5,6)7/h10-11,16-21,24,29-30,36H,1-2,12-15,22-23,25-28H2,3-9H3/t29-,30+,36+/m1/s1. The Morgan fingerprint density at radius 3 is 2.31 bits per heavy atom. The summed E-state index contributed by atoms with van der Waals surface area (Å²) in [6, 6.07) is 11.1. The number of unbranched alkanes of at least 4 members (excludes halogenated alkanes) is 3. The molecule has 51 heavy (non-hydrogen) atoms. The highest BCUT2D eigenvalue weighted by Gasteiger charge is 2.32. The summed E-state index contributed by atoms with van der Waals surface area (Å²) in [6.45, 7) is 18.1. The maximum absolute atomic E-state index is 14.5.